The fraction of sp³-hybridized carbons (Fsp3) is 0.417. The van der Waals surface area contributed by atoms with Gasteiger partial charge in [-0.05, 0) is 25.1 Å². The predicted molar refractivity (Wildman–Crippen MR) is 62.0 cm³/mol. The van der Waals surface area contributed by atoms with Crippen molar-refractivity contribution in [3.63, 3.8) is 0 Å². The summed E-state index contributed by atoms with van der Waals surface area (Å²) in [4.78, 5) is 4.38. The van der Waals surface area contributed by atoms with Crippen molar-refractivity contribution >= 4 is 5.65 Å². The van der Waals surface area contributed by atoms with E-state index < -0.39 is 0 Å². The van der Waals surface area contributed by atoms with Crippen molar-refractivity contribution < 1.29 is 4.74 Å². The molecule has 4 heteroatoms. The summed E-state index contributed by atoms with van der Waals surface area (Å²) in [6.07, 6.45) is 3.16. The van der Waals surface area contributed by atoms with Gasteiger partial charge < -0.3 is 10.1 Å². The maximum atomic E-state index is 5.17. The first-order valence-electron chi connectivity index (χ1n) is 5.61. The second-order valence-electron chi connectivity index (χ2n) is 4.15. The lowest BCUT2D eigenvalue weighted by molar-refractivity contribution is 0.400. The van der Waals surface area contributed by atoms with Crippen molar-refractivity contribution in [3.8, 4) is 5.88 Å². The van der Waals surface area contributed by atoms with Crippen LogP contribution in [0.1, 0.15) is 18.0 Å². The number of methoxy groups -OCH3 is 1. The van der Waals surface area contributed by atoms with Crippen LogP contribution in [0.5, 0.6) is 5.88 Å². The highest BCUT2D eigenvalue weighted by Gasteiger charge is 2.19. The summed E-state index contributed by atoms with van der Waals surface area (Å²) in [6, 6.07) is 6.25. The average molecular weight is 217 g/mol. The molecule has 0 saturated carbocycles. The summed E-state index contributed by atoms with van der Waals surface area (Å²) in [5, 5.41) is 3.39. The molecule has 4 nitrogen and oxygen atoms in total. The lowest BCUT2D eigenvalue weighted by Gasteiger charge is -2.10. The third-order valence-electron chi connectivity index (χ3n) is 3.19. The van der Waals surface area contributed by atoms with Gasteiger partial charge in [0.25, 0.3) is 0 Å². The van der Waals surface area contributed by atoms with Gasteiger partial charge in [-0.3, -0.25) is 4.40 Å². The number of hydrogen-bond acceptors (Lipinski definition) is 3. The lowest BCUT2D eigenvalue weighted by Crippen LogP contribution is -2.10. The fourth-order valence-electron chi connectivity index (χ4n) is 2.35. The molecule has 84 valence electrons. The molecule has 3 heterocycles. The van der Waals surface area contributed by atoms with Crippen LogP contribution in [-0.2, 0) is 0 Å². The van der Waals surface area contributed by atoms with Crippen LogP contribution in [0.2, 0.25) is 0 Å². The van der Waals surface area contributed by atoms with Crippen LogP contribution >= 0.6 is 0 Å². The first kappa shape index (κ1) is 9.66. The number of ether oxygens (including phenoxy) is 1. The van der Waals surface area contributed by atoms with Crippen LogP contribution in [0.3, 0.4) is 0 Å². The van der Waals surface area contributed by atoms with E-state index in [0.29, 0.717) is 11.8 Å². The Bertz CT molecular complexity index is 500. The molecule has 2 aromatic heterocycles. The minimum atomic E-state index is 0.586. The molecule has 1 fully saturated rings. The Morgan fingerprint density at radius 3 is 3.19 bits per heavy atom. The van der Waals surface area contributed by atoms with Gasteiger partial charge in [0.15, 0.2) is 0 Å². The molecule has 2 aromatic rings. The number of nitrogens with zero attached hydrogens (tertiary/aromatic N) is 2. The number of aromatic nitrogens is 2. The maximum absolute atomic E-state index is 5.17. The van der Waals surface area contributed by atoms with Crippen molar-refractivity contribution in [1.82, 2.24) is 14.7 Å². The SMILES string of the molecule is COc1cn2c(C3CCNC3)cccc2n1. The molecule has 1 unspecified atom stereocenters. The Labute approximate surface area is 94.3 Å². The Kier molecular flexibility index (Phi) is 2.29. The number of rotatable bonds is 2. The van der Waals surface area contributed by atoms with Crippen LogP contribution in [0.4, 0.5) is 0 Å². The van der Waals surface area contributed by atoms with Gasteiger partial charge in [-0.2, -0.15) is 4.98 Å². The van der Waals surface area contributed by atoms with Crippen molar-refractivity contribution in [2.45, 2.75) is 12.3 Å². The van der Waals surface area contributed by atoms with Gasteiger partial charge in [0.1, 0.15) is 5.65 Å². The predicted octanol–water partition coefficient (Wildman–Crippen LogP) is 1.42. The zero-order chi connectivity index (χ0) is 11.0. The number of imidazole rings is 1. The van der Waals surface area contributed by atoms with E-state index in [1.807, 2.05) is 12.3 Å². The van der Waals surface area contributed by atoms with Crippen LogP contribution in [0.25, 0.3) is 5.65 Å². The summed E-state index contributed by atoms with van der Waals surface area (Å²) in [5.74, 6) is 1.26. The topological polar surface area (TPSA) is 38.6 Å². The summed E-state index contributed by atoms with van der Waals surface area (Å²) < 4.78 is 7.30. The molecule has 1 saturated heterocycles. The van der Waals surface area contributed by atoms with Gasteiger partial charge >= 0.3 is 0 Å². The van der Waals surface area contributed by atoms with E-state index in [1.54, 1.807) is 7.11 Å². The highest BCUT2D eigenvalue weighted by atomic mass is 16.5. The van der Waals surface area contributed by atoms with E-state index in [-0.39, 0.29) is 0 Å². The van der Waals surface area contributed by atoms with Gasteiger partial charge in [0.2, 0.25) is 5.88 Å². The monoisotopic (exact) mass is 217 g/mol. The van der Waals surface area contributed by atoms with Crippen molar-refractivity contribution in [1.29, 1.82) is 0 Å². The fourth-order valence-corrected chi connectivity index (χ4v) is 2.35. The van der Waals surface area contributed by atoms with Crippen molar-refractivity contribution in [2.24, 2.45) is 0 Å². The van der Waals surface area contributed by atoms with Crippen LogP contribution in [-0.4, -0.2) is 29.6 Å². The molecule has 0 aliphatic carbocycles. The van der Waals surface area contributed by atoms with Crippen LogP contribution in [0.15, 0.2) is 24.4 Å². The molecule has 1 N–H and O–H groups in total. The molecule has 0 radical (unpaired) electrons. The zero-order valence-electron chi connectivity index (χ0n) is 9.31. The molecule has 0 amide bonds. The summed E-state index contributed by atoms with van der Waals surface area (Å²) in [5.41, 5.74) is 2.28. The van der Waals surface area contributed by atoms with Crippen molar-refractivity contribution in [3.05, 3.63) is 30.1 Å². The highest BCUT2D eigenvalue weighted by Crippen LogP contribution is 2.24. The molecule has 1 aliphatic heterocycles. The summed E-state index contributed by atoms with van der Waals surface area (Å²) in [7, 11) is 1.65. The number of fused-ring (bicyclic) bond motifs is 1. The normalized spacial score (nSPS) is 20.4. The lowest BCUT2D eigenvalue weighted by atomic mass is 10.0. The Morgan fingerprint density at radius 2 is 2.44 bits per heavy atom. The van der Waals surface area contributed by atoms with Crippen molar-refractivity contribution in [2.75, 3.05) is 20.2 Å². The second-order valence-corrected chi connectivity index (χ2v) is 4.15. The molecule has 1 atom stereocenters. The smallest absolute Gasteiger partial charge is 0.232 e. The van der Waals surface area contributed by atoms with Gasteiger partial charge in [-0.25, -0.2) is 0 Å². The van der Waals surface area contributed by atoms with Gasteiger partial charge in [0, 0.05) is 18.2 Å². The molecular formula is C12H15N3O. The molecule has 3 rings (SSSR count). The number of pyridine rings is 1. The maximum Gasteiger partial charge on any atom is 0.232 e. The second kappa shape index (κ2) is 3.79. The van der Waals surface area contributed by atoms with E-state index >= 15 is 0 Å². The molecule has 1 aliphatic rings. The summed E-state index contributed by atoms with van der Waals surface area (Å²) in [6.45, 7) is 2.16. The van der Waals surface area contributed by atoms with E-state index in [2.05, 4.69) is 26.8 Å². The van der Waals surface area contributed by atoms with Crippen LogP contribution in [0, 0.1) is 0 Å². The van der Waals surface area contributed by atoms with Gasteiger partial charge in [-0.1, -0.05) is 6.07 Å². The van der Waals surface area contributed by atoms with E-state index in [0.717, 1.165) is 18.7 Å². The number of hydrogen-bond donors (Lipinski definition) is 1. The standard InChI is InChI=1S/C12H15N3O/c1-16-12-8-15-10(9-5-6-13-7-9)3-2-4-11(15)14-12/h2-4,8-9,13H,5-7H2,1H3. The molecule has 0 spiro atoms. The Balaban J connectivity index is 2.12. The Hall–Kier alpha value is -1.55. The van der Waals surface area contributed by atoms with E-state index in [1.165, 1.54) is 12.1 Å². The largest absolute Gasteiger partial charge is 0.480 e. The van der Waals surface area contributed by atoms with Gasteiger partial charge in [0.05, 0.1) is 13.3 Å². The molecular weight excluding hydrogens is 202 g/mol. The quantitative estimate of drug-likeness (QED) is 0.826. The molecule has 16 heavy (non-hydrogen) atoms. The Morgan fingerprint density at radius 1 is 1.50 bits per heavy atom. The average Bonchev–Trinajstić information content (AvgIpc) is 2.97. The van der Waals surface area contributed by atoms with E-state index in [4.69, 9.17) is 4.74 Å². The van der Waals surface area contributed by atoms with E-state index in [9.17, 15) is 0 Å². The minimum Gasteiger partial charge on any atom is -0.480 e. The third kappa shape index (κ3) is 1.46. The molecule has 0 bridgehead atoms. The first-order valence-corrected chi connectivity index (χ1v) is 5.61. The highest BCUT2D eigenvalue weighted by molar-refractivity contribution is 5.44. The van der Waals surface area contributed by atoms with Crippen LogP contribution < -0.4 is 10.1 Å². The minimum absolute atomic E-state index is 0.586. The number of nitrogens with one attached hydrogen (secondary N) is 1. The first-order chi connectivity index (χ1) is 7.88. The summed E-state index contributed by atoms with van der Waals surface area (Å²) >= 11 is 0. The van der Waals surface area contributed by atoms with Gasteiger partial charge in [-0.15, -0.1) is 0 Å². The zero-order valence-corrected chi connectivity index (χ0v) is 9.31. The third-order valence-corrected chi connectivity index (χ3v) is 3.19. The molecule has 0 aromatic carbocycles.